The molecule has 0 aromatic heterocycles. The van der Waals surface area contributed by atoms with Crippen molar-refractivity contribution in [3.05, 3.63) is 29.3 Å². The number of piperidine rings is 1. The van der Waals surface area contributed by atoms with Crippen LogP contribution in [-0.4, -0.2) is 43.5 Å². The van der Waals surface area contributed by atoms with Crippen LogP contribution in [0.25, 0.3) is 0 Å². The Kier molecular flexibility index (Phi) is 5.40. The van der Waals surface area contributed by atoms with Gasteiger partial charge in [-0.3, -0.25) is 4.79 Å². The largest absolute Gasteiger partial charge is 0.325 e. The maximum Gasteiger partial charge on any atom is 0.238 e. The van der Waals surface area contributed by atoms with E-state index in [0.29, 0.717) is 23.5 Å². The number of carbonyl (C=O) groups excluding carboxylic acids is 1. The summed E-state index contributed by atoms with van der Waals surface area (Å²) in [7, 11) is 2.14. The summed E-state index contributed by atoms with van der Waals surface area (Å²) in [6, 6.07) is 7.56. The van der Waals surface area contributed by atoms with Gasteiger partial charge in [0.1, 0.15) is 0 Å². The molecule has 0 spiro atoms. The number of nitrogens with one attached hydrogen (secondary N) is 2. The number of amides is 1. The number of hydrogen-bond acceptors (Lipinski definition) is 3. The average Bonchev–Trinajstić information content (AvgIpc) is 2.40. The Balaban J connectivity index is 1.76. The predicted octanol–water partition coefficient (Wildman–Crippen LogP) is 2.21. The Hall–Kier alpha value is -1.10. The van der Waals surface area contributed by atoms with Crippen LogP contribution < -0.4 is 10.6 Å². The first kappa shape index (κ1) is 15.3. The van der Waals surface area contributed by atoms with E-state index >= 15 is 0 Å². The molecule has 1 aromatic rings. The molecule has 1 aromatic carbocycles. The molecular weight excluding hydrogens is 274 g/mol. The molecule has 2 unspecified atom stereocenters. The third kappa shape index (κ3) is 4.47. The molecule has 1 aliphatic rings. The second-order valence-corrected chi connectivity index (χ2v) is 6.01. The van der Waals surface area contributed by atoms with Crippen LogP contribution in [0.5, 0.6) is 0 Å². The summed E-state index contributed by atoms with van der Waals surface area (Å²) in [5.41, 5.74) is 0.776. The van der Waals surface area contributed by atoms with Crippen molar-refractivity contribution in [3.8, 4) is 0 Å². The highest BCUT2D eigenvalue weighted by Gasteiger charge is 2.23. The van der Waals surface area contributed by atoms with Gasteiger partial charge in [-0.25, -0.2) is 0 Å². The normalized spacial score (nSPS) is 23.6. The molecule has 20 heavy (non-hydrogen) atoms. The summed E-state index contributed by atoms with van der Waals surface area (Å²) in [5, 5.41) is 6.89. The first-order valence-electron chi connectivity index (χ1n) is 7.02. The smallest absolute Gasteiger partial charge is 0.238 e. The lowest BCUT2D eigenvalue weighted by molar-refractivity contribution is -0.115. The van der Waals surface area contributed by atoms with Crippen LogP contribution in [0.4, 0.5) is 5.69 Å². The molecule has 1 heterocycles. The van der Waals surface area contributed by atoms with Crippen LogP contribution in [0.3, 0.4) is 0 Å². The van der Waals surface area contributed by atoms with Gasteiger partial charge in [-0.15, -0.1) is 0 Å². The van der Waals surface area contributed by atoms with Crippen LogP contribution in [0.1, 0.15) is 13.3 Å². The van der Waals surface area contributed by atoms with Gasteiger partial charge in [0.25, 0.3) is 0 Å². The number of anilines is 1. The number of nitrogens with zero attached hydrogens (tertiary/aromatic N) is 1. The number of hydrogen-bond donors (Lipinski definition) is 2. The molecule has 1 saturated heterocycles. The van der Waals surface area contributed by atoms with Crippen molar-refractivity contribution in [2.24, 2.45) is 5.92 Å². The zero-order valence-corrected chi connectivity index (χ0v) is 12.8. The summed E-state index contributed by atoms with van der Waals surface area (Å²) in [6.07, 6.45) is 1.09. The summed E-state index contributed by atoms with van der Waals surface area (Å²) in [6.45, 7) is 4.74. The van der Waals surface area contributed by atoms with E-state index in [2.05, 4.69) is 29.5 Å². The number of carbonyl (C=O) groups is 1. The Bertz CT molecular complexity index is 449. The molecule has 4 nitrogen and oxygen atoms in total. The van der Waals surface area contributed by atoms with Crippen LogP contribution in [0.15, 0.2) is 24.3 Å². The number of halogens is 1. The zero-order chi connectivity index (χ0) is 14.5. The van der Waals surface area contributed by atoms with Crippen molar-refractivity contribution in [1.29, 1.82) is 0 Å². The number of likely N-dealkylation sites (tertiary alicyclic amines) is 1. The van der Waals surface area contributed by atoms with Gasteiger partial charge in [-0.05, 0) is 50.2 Å². The lowest BCUT2D eigenvalue weighted by atomic mass is 9.94. The quantitative estimate of drug-likeness (QED) is 0.895. The second kappa shape index (κ2) is 7.07. The number of rotatable bonds is 4. The Morgan fingerprint density at radius 1 is 1.40 bits per heavy atom. The first-order valence-corrected chi connectivity index (χ1v) is 7.40. The molecule has 2 N–H and O–H groups in total. The minimum absolute atomic E-state index is 0.0153. The van der Waals surface area contributed by atoms with Crippen LogP contribution in [-0.2, 0) is 4.79 Å². The van der Waals surface area contributed by atoms with Crippen molar-refractivity contribution in [2.45, 2.75) is 19.4 Å². The Morgan fingerprint density at radius 2 is 2.10 bits per heavy atom. The van der Waals surface area contributed by atoms with Gasteiger partial charge in [-0.1, -0.05) is 18.5 Å². The standard InChI is InChI=1S/C15H22ClN3O/c1-11-10-19(2)8-7-14(11)17-9-15(20)18-13-5-3-12(16)4-6-13/h3-6,11,14,17H,7-10H2,1-2H3,(H,18,20). The van der Waals surface area contributed by atoms with E-state index in [0.717, 1.165) is 25.2 Å². The number of benzene rings is 1. The fraction of sp³-hybridized carbons (Fsp3) is 0.533. The maximum atomic E-state index is 11.9. The fourth-order valence-corrected chi connectivity index (χ4v) is 2.75. The Morgan fingerprint density at radius 3 is 2.75 bits per heavy atom. The topological polar surface area (TPSA) is 44.4 Å². The highest BCUT2D eigenvalue weighted by Crippen LogP contribution is 2.15. The third-order valence-electron chi connectivity index (χ3n) is 3.76. The highest BCUT2D eigenvalue weighted by molar-refractivity contribution is 6.30. The molecule has 1 aliphatic heterocycles. The van der Waals surface area contributed by atoms with Gasteiger partial charge in [0.2, 0.25) is 5.91 Å². The SMILES string of the molecule is CC1CN(C)CCC1NCC(=O)Nc1ccc(Cl)cc1. The van der Waals surface area contributed by atoms with Crippen molar-refractivity contribution in [3.63, 3.8) is 0 Å². The van der Waals surface area contributed by atoms with E-state index in [1.807, 2.05) is 0 Å². The monoisotopic (exact) mass is 295 g/mol. The molecule has 5 heteroatoms. The zero-order valence-electron chi connectivity index (χ0n) is 12.0. The molecule has 2 atom stereocenters. The van der Waals surface area contributed by atoms with Crippen LogP contribution in [0, 0.1) is 5.92 Å². The first-order chi connectivity index (χ1) is 9.54. The van der Waals surface area contributed by atoms with Gasteiger partial charge in [-0.2, -0.15) is 0 Å². The molecule has 2 rings (SSSR count). The summed E-state index contributed by atoms with van der Waals surface area (Å²) >= 11 is 5.81. The molecule has 1 amide bonds. The minimum atomic E-state index is -0.0153. The van der Waals surface area contributed by atoms with Crippen molar-refractivity contribution in [2.75, 3.05) is 32.0 Å². The Labute approximate surface area is 125 Å². The van der Waals surface area contributed by atoms with Gasteiger partial charge >= 0.3 is 0 Å². The van der Waals surface area contributed by atoms with E-state index in [1.165, 1.54) is 0 Å². The van der Waals surface area contributed by atoms with E-state index in [9.17, 15) is 4.79 Å². The lowest BCUT2D eigenvalue weighted by Crippen LogP contribution is -2.48. The molecule has 1 fully saturated rings. The van der Waals surface area contributed by atoms with Gasteiger partial charge in [0.05, 0.1) is 6.54 Å². The van der Waals surface area contributed by atoms with Crippen molar-refractivity contribution < 1.29 is 4.79 Å². The van der Waals surface area contributed by atoms with Crippen LogP contribution in [0.2, 0.25) is 5.02 Å². The van der Waals surface area contributed by atoms with Gasteiger partial charge in [0.15, 0.2) is 0 Å². The van der Waals surface area contributed by atoms with Gasteiger partial charge in [0, 0.05) is 23.3 Å². The molecule has 110 valence electrons. The lowest BCUT2D eigenvalue weighted by Gasteiger charge is -2.35. The van der Waals surface area contributed by atoms with Crippen molar-refractivity contribution >= 4 is 23.2 Å². The highest BCUT2D eigenvalue weighted by atomic mass is 35.5. The second-order valence-electron chi connectivity index (χ2n) is 5.57. The molecule has 0 saturated carbocycles. The van der Waals surface area contributed by atoms with E-state index in [4.69, 9.17) is 11.6 Å². The van der Waals surface area contributed by atoms with E-state index in [1.54, 1.807) is 24.3 Å². The van der Waals surface area contributed by atoms with Crippen LogP contribution >= 0.6 is 11.6 Å². The summed E-state index contributed by atoms with van der Waals surface area (Å²) < 4.78 is 0. The predicted molar refractivity (Wildman–Crippen MR) is 83.2 cm³/mol. The van der Waals surface area contributed by atoms with Gasteiger partial charge < -0.3 is 15.5 Å². The van der Waals surface area contributed by atoms with E-state index < -0.39 is 0 Å². The third-order valence-corrected chi connectivity index (χ3v) is 4.01. The molecule has 0 aliphatic carbocycles. The molecular formula is C15H22ClN3O. The summed E-state index contributed by atoms with van der Waals surface area (Å²) in [5.74, 6) is 0.551. The minimum Gasteiger partial charge on any atom is -0.325 e. The maximum absolute atomic E-state index is 11.9. The van der Waals surface area contributed by atoms with E-state index in [-0.39, 0.29) is 5.91 Å². The molecule has 0 radical (unpaired) electrons. The van der Waals surface area contributed by atoms with Crippen molar-refractivity contribution in [1.82, 2.24) is 10.2 Å². The average molecular weight is 296 g/mol. The summed E-state index contributed by atoms with van der Waals surface area (Å²) in [4.78, 5) is 14.2. The fourth-order valence-electron chi connectivity index (χ4n) is 2.62. The molecule has 0 bridgehead atoms.